The minimum Gasteiger partial charge on any atom is -0.469 e. The first-order valence-corrected chi connectivity index (χ1v) is 7.79. The Hall–Kier alpha value is -2.83. The van der Waals surface area contributed by atoms with Gasteiger partial charge in [-0.15, -0.1) is 0 Å². The van der Waals surface area contributed by atoms with Crippen LogP contribution in [-0.4, -0.2) is 18.8 Å². The molecule has 0 bridgehead atoms. The molecular weight excluding hydrogens is 347 g/mol. The zero-order chi connectivity index (χ0) is 19.2. The van der Waals surface area contributed by atoms with Crippen LogP contribution < -0.4 is 0 Å². The number of methoxy groups -OCH3 is 1. The Morgan fingerprint density at radius 2 is 1.77 bits per heavy atom. The summed E-state index contributed by atoms with van der Waals surface area (Å²) in [4.78, 5) is 16.7. The number of hydrogen-bond donors (Lipinski definition) is 0. The van der Waals surface area contributed by atoms with Crippen LogP contribution >= 0.6 is 0 Å². The third kappa shape index (κ3) is 5.34. The van der Waals surface area contributed by atoms with E-state index in [1.54, 1.807) is 31.2 Å². The lowest BCUT2D eigenvalue weighted by Crippen LogP contribution is -2.08. The standard InChI is InChI=1S/C19H18F3NO3/c1-13(14-8-5-9-17(10-14)19(20,21)22)23-26-12-16-7-4-3-6-15(16)11-18(24)25-2/h3-10H,11-12H2,1-2H3/b23-13+. The minimum atomic E-state index is -4.41. The number of rotatable bonds is 6. The predicted molar refractivity (Wildman–Crippen MR) is 90.6 cm³/mol. The van der Waals surface area contributed by atoms with Crippen LogP contribution in [0.2, 0.25) is 0 Å². The highest BCUT2D eigenvalue weighted by atomic mass is 19.4. The number of carbonyl (C=O) groups excluding carboxylic acids is 1. The van der Waals surface area contributed by atoms with E-state index in [1.807, 2.05) is 0 Å². The van der Waals surface area contributed by atoms with Gasteiger partial charge in [0, 0.05) is 0 Å². The fourth-order valence-electron chi connectivity index (χ4n) is 2.27. The second-order valence-electron chi connectivity index (χ2n) is 5.55. The summed E-state index contributed by atoms with van der Waals surface area (Å²) in [5, 5.41) is 3.89. The van der Waals surface area contributed by atoms with E-state index in [1.165, 1.54) is 19.2 Å². The highest BCUT2D eigenvalue weighted by Crippen LogP contribution is 2.29. The summed E-state index contributed by atoms with van der Waals surface area (Å²) in [7, 11) is 1.31. The molecule has 2 aromatic carbocycles. The largest absolute Gasteiger partial charge is 0.469 e. The van der Waals surface area contributed by atoms with Crippen molar-refractivity contribution in [2.24, 2.45) is 5.16 Å². The second-order valence-corrected chi connectivity index (χ2v) is 5.55. The lowest BCUT2D eigenvalue weighted by atomic mass is 10.1. The van der Waals surface area contributed by atoms with E-state index in [9.17, 15) is 18.0 Å². The van der Waals surface area contributed by atoms with E-state index in [2.05, 4.69) is 9.89 Å². The number of halogens is 3. The van der Waals surface area contributed by atoms with Crippen molar-refractivity contribution in [2.75, 3.05) is 7.11 Å². The zero-order valence-corrected chi connectivity index (χ0v) is 14.3. The summed E-state index contributed by atoms with van der Waals surface area (Å²) in [5.41, 5.74) is 1.39. The Morgan fingerprint density at radius 3 is 2.42 bits per heavy atom. The van der Waals surface area contributed by atoms with Gasteiger partial charge in [-0.25, -0.2) is 0 Å². The van der Waals surface area contributed by atoms with Crippen LogP contribution in [0.1, 0.15) is 29.2 Å². The maximum atomic E-state index is 12.8. The quantitative estimate of drug-likeness (QED) is 0.434. The zero-order valence-electron chi connectivity index (χ0n) is 14.3. The molecule has 0 amide bonds. The number of oxime groups is 1. The molecule has 0 radical (unpaired) electrons. The van der Waals surface area contributed by atoms with Gasteiger partial charge in [-0.2, -0.15) is 13.2 Å². The van der Waals surface area contributed by atoms with Gasteiger partial charge in [0.1, 0.15) is 6.61 Å². The molecule has 0 aliphatic rings. The average molecular weight is 365 g/mol. The molecule has 0 aromatic heterocycles. The molecule has 0 atom stereocenters. The molecule has 0 heterocycles. The number of hydrogen-bond acceptors (Lipinski definition) is 4. The summed E-state index contributed by atoms with van der Waals surface area (Å²) >= 11 is 0. The normalized spacial score (nSPS) is 12.0. The molecule has 0 unspecified atom stereocenters. The topological polar surface area (TPSA) is 47.9 Å². The lowest BCUT2D eigenvalue weighted by molar-refractivity contribution is -0.140. The van der Waals surface area contributed by atoms with Gasteiger partial charge in [-0.1, -0.05) is 41.6 Å². The van der Waals surface area contributed by atoms with Crippen LogP contribution in [0, 0.1) is 0 Å². The van der Waals surface area contributed by atoms with Crippen LogP contribution in [0.25, 0.3) is 0 Å². The van der Waals surface area contributed by atoms with Gasteiger partial charge in [0.05, 0.1) is 24.8 Å². The summed E-state index contributed by atoms with van der Waals surface area (Å²) in [6.45, 7) is 1.65. The first-order valence-electron chi connectivity index (χ1n) is 7.79. The van der Waals surface area contributed by atoms with E-state index in [0.717, 1.165) is 23.3 Å². The van der Waals surface area contributed by atoms with E-state index >= 15 is 0 Å². The van der Waals surface area contributed by atoms with E-state index in [4.69, 9.17) is 4.84 Å². The van der Waals surface area contributed by atoms with Crippen LogP contribution in [0.15, 0.2) is 53.7 Å². The van der Waals surface area contributed by atoms with Crippen molar-refractivity contribution in [3.8, 4) is 0 Å². The first-order chi connectivity index (χ1) is 12.3. The van der Waals surface area contributed by atoms with Gasteiger partial charge in [-0.05, 0) is 35.7 Å². The molecule has 0 fully saturated rings. The van der Waals surface area contributed by atoms with Crippen molar-refractivity contribution in [2.45, 2.75) is 26.1 Å². The summed E-state index contributed by atoms with van der Waals surface area (Å²) < 4.78 is 43.0. The van der Waals surface area contributed by atoms with Gasteiger partial charge >= 0.3 is 12.1 Å². The van der Waals surface area contributed by atoms with Crippen LogP contribution in [-0.2, 0) is 33.6 Å². The fraction of sp³-hybridized carbons (Fsp3) is 0.263. The van der Waals surface area contributed by atoms with Crippen LogP contribution in [0.3, 0.4) is 0 Å². The molecule has 7 heteroatoms. The predicted octanol–water partition coefficient (Wildman–Crippen LogP) is 4.36. The molecule has 138 valence electrons. The van der Waals surface area contributed by atoms with Crippen molar-refractivity contribution in [3.63, 3.8) is 0 Å². The maximum absolute atomic E-state index is 12.8. The highest BCUT2D eigenvalue weighted by molar-refractivity contribution is 5.98. The average Bonchev–Trinajstić information content (AvgIpc) is 2.62. The Balaban J connectivity index is 2.08. The SMILES string of the molecule is COC(=O)Cc1ccccc1CO/N=C(\C)c1cccc(C(F)(F)F)c1. The van der Waals surface area contributed by atoms with Crippen molar-refractivity contribution in [1.29, 1.82) is 0 Å². The molecule has 0 aliphatic carbocycles. The number of alkyl halides is 3. The molecule has 26 heavy (non-hydrogen) atoms. The first kappa shape index (κ1) is 19.5. The van der Waals surface area contributed by atoms with Crippen molar-refractivity contribution < 1.29 is 27.5 Å². The Labute approximate surface area is 149 Å². The minimum absolute atomic E-state index is 0.0868. The van der Waals surface area contributed by atoms with Crippen LogP contribution in [0.4, 0.5) is 13.2 Å². The van der Waals surface area contributed by atoms with Gasteiger partial charge in [0.15, 0.2) is 0 Å². The van der Waals surface area contributed by atoms with E-state index in [0.29, 0.717) is 11.3 Å². The van der Waals surface area contributed by atoms with Gasteiger partial charge < -0.3 is 9.57 Å². The number of carbonyl (C=O) groups is 1. The summed E-state index contributed by atoms with van der Waals surface area (Å²) in [5.74, 6) is -0.374. The summed E-state index contributed by atoms with van der Waals surface area (Å²) in [6.07, 6.45) is -4.31. The van der Waals surface area contributed by atoms with Crippen molar-refractivity contribution in [1.82, 2.24) is 0 Å². The molecule has 2 aromatic rings. The Morgan fingerprint density at radius 1 is 1.08 bits per heavy atom. The molecule has 4 nitrogen and oxygen atoms in total. The third-order valence-electron chi connectivity index (χ3n) is 3.71. The molecule has 0 saturated carbocycles. The number of ether oxygens (including phenoxy) is 1. The second kappa shape index (κ2) is 8.51. The van der Waals surface area contributed by atoms with Crippen molar-refractivity contribution in [3.05, 3.63) is 70.8 Å². The Bertz CT molecular complexity index is 801. The molecule has 0 aliphatic heterocycles. The number of benzene rings is 2. The van der Waals surface area contributed by atoms with Gasteiger partial charge in [-0.3, -0.25) is 4.79 Å². The molecule has 0 N–H and O–H groups in total. The van der Waals surface area contributed by atoms with Gasteiger partial charge in [0.25, 0.3) is 0 Å². The lowest BCUT2D eigenvalue weighted by Gasteiger charge is -2.09. The molecule has 0 spiro atoms. The highest BCUT2D eigenvalue weighted by Gasteiger charge is 2.30. The Kier molecular flexibility index (Phi) is 6.38. The third-order valence-corrected chi connectivity index (χ3v) is 3.71. The number of esters is 1. The maximum Gasteiger partial charge on any atom is 0.416 e. The van der Waals surface area contributed by atoms with Gasteiger partial charge in [0.2, 0.25) is 0 Å². The summed E-state index contributed by atoms with van der Waals surface area (Å²) in [6, 6.07) is 12.0. The fourth-order valence-corrected chi connectivity index (χ4v) is 2.27. The molecule has 2 rings (SSSR count). The van der Waals surface area contributed by atoms with E-state index in [-0.39, 0.29) is 19.0 Å². The number of nitrogens with zero attached hydrogens (tertiary/aromatic N) is 1. The van der Waals surface area contributed by atoms with E-state index < -0.39 is 11.7 Å². The smallest absolute Gasteiger partial charge is 0.416 e. The molecule has 0 saturated heterocycles. The van der Waals surface area contributed by atoms with Crippen molar-refractivity contribution >= 4 is 11.7 Å². The monoisotopic (exact) mass is 365 g/mol. The van der Waals surface area contributed by atoms with Crippen LogP contribution in [0.5, 0.6) is 0 Å². The molecular formula is C19H18F3NO3.